The molecule has 0 aliphatic heterocycles. The quantitative estimate of drug-likeness (QED) is 0.867. The summed E-state index contributed by atoms with van der Waals surface area (Å²) in [5.41, 5.74) is -0.0572. The minimum absolute atomic E-state index is 0.0572. The minimum atomic E-state index is -0.0572. The van der Waals surface area contributed by atoms with Crippen molar-refractivity contribution in [2.24, 2.45) is 0 Å². The average Bonchev–Trinajstić information content (AvgIpc) is 2.35. The van der Waals surface area contributed by atoms with E-state index in [1.165, 1.54) is 0 Å². The molecule has 0 unspecified atom stereocenters. The van der Waals surface area contributed by atoms with Crippen molar-refractivity contribution in [2.45, 2.75) is 44.8 Å². The van der Waals surface area contributed by atoms with Crippen molar-refractivity contribution in [2.75, 3.05) is 30.5 Å². The van der Waals surface area contributed by atoms with E-state index in [4.69, 9.17) is 0 Å². The predicted molar refractivity (Wildman–Crippen MR) is 86.4 cm³/mol. The molecule has 0 amide bonds. The van der Waals surface area contributed by atoms with E-state index in [1.807, 2.05) is 24.9 Å². The molecule has 0 aliphatic carbocycles. The van der Waals surface area contributed by atoms with Gasteiger partial charge in [-0.1, -0.05) is 20.8 Å². The van der Waals surface area contributed by atoms with Crippen LogP contribution in [0.2, 0.25) is 0 Å². The predicted octanol–water partition coefficient (Wildman–Crippen LogP) is 3.37. The summed E-state index contributed by atoms with van der Waals surface area (Å²) in [6.07, 6.45) is 2.13. The number of aromatic nitrogens is 2. The third kappa shape index (κ3) is 4.90. The van der Waals surface area contributed by atoms with E-state index in [-0.39, 0.29) is 10.2 Å². The number of anilines is 2. The lowest BCUT2D eigenvalue weighted by molar-refractivity contribution is 0.546. The van der Waals surface area contributed by atoms with Crippen LogP contribution in [0, 0.1) is 0 Å². The van der Waals surface area contributed by atoms with Crippen LogP contribution in [0.25, 0.3) is 0 Å². The third-order valence-corrected chi connectivity index (χ3v) is 4.15. The Balaban J connectivity index is 2.95. The van der Waals surface area contributed by atoms with Crippen molar-refractivity contribution in [3.8, 4) is 0 Å². The van der Waals surface area contributed by atoms with Crippen LogP contribution in [0.5, 0.6) is 0 Å². The SMILES string of the molecule is CNc1cc(NCC(C)(C)SC)nc(C(C)(C)C)n1. The highest BCUT2D eigenvalue weighted by Crippen LogP contribution is 2.24. The van der Waals surface area contributed by atoms with Gasteiger partial charge < -0.3 is 10.6 Å². The summed E-state index contributed by atoms with van der Waals surface area (Å²) in [5, 5.41) is 6.51. The fraction of sp³-hybridized carbons (Fsp3) is 0.714. The van der Waals surface area contributed by atoms with E-state index >= 15 is 0 Å². The van der Waals surface area contributed by atoms with Crippen LogP contribution < -0.4 is 10.6 Å². The average molecular weight is 282 g/mol. The van der Waals surface area contributed by atoms with E-state index in [9.17, 15) is 0 Å². The van der Waals surface area contributed by atoms with E-state index in [1.54, 1.807) is 0 Å². The molecule has 1 heterocycles. The first-order chi connectivity index (χ1) is 8.68. The maximum Gasteiger partial charge on any atom is 0.138 e. The summed E-state index contributed by atoms with van der Waals surface area (Å²) in [6.45, 7) is 11.7. The highest BCUT2D eigenvalue weighted by molar-refractivity contribution is 7.99. The summed E-state index contributed by atoms with van der Waals surface area (Å²) >= 11 is 1.84. The number of rotatable bonds is 5. The molecule has 0 bridgehead atoms. The Kier molecular flexibility index (Phi) is 5.07. The zero-order chi connectivity index (χ0) is 14.7. The van der Waals surface area contributed by atoms with Gasteiger partial charge in [0.05, 0.1) is 0 Å². The molecule has 0 aliphatic rings. The second-order valence-electron chi connectivity index (χ2n) is 6.28. The fourth-order valence-electron chi connectivity index (χ4n) is 1.38. The van der Waals surface area contributed by atoms with Crippen molar-refractivity contribution in [3.05, 3.63) is 11.9 Å². The molecule has 0 fully saturated rings. The van der Waals surface area contributed by atoms with Crippen molar-refractivity contribution in [1.29, 1.82) is 0 Å². The molecule has 1 rings (SSSR count). The first-order valence-corrected chi connectivity index (χ1v) is 7.77. The molecule has 4 nitrogen and oxygen atoms in total. The topological polar surface area (TPSA) is 49.8 Å². The fourth-order valence-corrected chi connectivity index (χ4v) is 1.59. The van der Waals surface area contributed by atoms with Gasteiger partial charge in [-0.2, -0.15) is 11.8 Å². The number of hydrogen-bond donors (Lipinski definition) is 2. The molecule has 1 aromatic rings. The van der Waals surface area contributed by atoms with Gasteiger partial charge >= 0.3 is 0 Å². The lowest BCUT2D eigenvalue weighted by Crippen LogP contribution is -2.27. The number of thioether (sulfide) groups is 1. The molecule has 0 saturated heterocycles. The lowest BCUT2D eigenvalue weighted by Gasteiger charge is -2.24. The van der Waals surface area contributed by atoms with Gasteiger partial charge in [-0.05, 0) is 20.1 Å². The zero-order valence-electron chi connectivity index (χ0n) is 13.1. The van der Waals surface area contributed by atoms with Crippen LogP contribution in [0.15, 0.2) is 6.07 Å². The normalized spacial score (nSPS) is 12.4. The van der Waals surface area contributed by atoms with Crippen molar-refractivity contribution < 1.29 is 0 Å². The molecule has 0 spiro atoms. The van der Waals surface area contributed by atoms with E-state index in [0.717, 1.165) is 24.0 Å². The van der Waals surface area contributed by atoms with Crippen LogP contribution >= 0.6 is 11.8 Å². The lowest BCUT2D eigenvalue weighted by atomic mass is 9.96. The van der Waals surface area contributed by atoms with Gasteiger partial charge in [-0.15, -0.1) is 0 Å². The molecule has 0 atom stereocenters. The molecule has 1 aromatic heterocycles. The molecule has 108 valence electrons. The Labute approximate surface area is 121 Å². The Morgan fingerprint density at radius 1 is 1.11 bits per heavy atom. The van der Waals surface area contributed by atoms with Gasteiger partial charge in [0, 0.05) is 29.8 Å². The standard InChI is InChI=1S/C14H26N4S/c1-13(2,3)12-17-10(15-6)8-11(18-12)16-9-14(4,5)19-7/h8H,9H2,1-7H3,(H2,15,16,17,18). The summed E-state index contributed by atoms with van der Waals surface area (Å²) in [5.74, 6) is 2.58. The Morgan fingerprint density at radius 2 is 1.68 bits per heavy atom. The summed E-state index contributed by atoms with van der Waals surface area (Å²) in [6, 6.07) is 1.95. The largest absolute Gasteiger partial charge is 0.373 e. The number of nitrogens with one attached hydrogen (secondary N) is 2. The van der Waals surface area contributed by atoms with Gasteiger partial charge in [0.25, 0.3) is 0 Å². The maximum atomic E-state index is 4.62. The van der Waals surface area contributed by atoms with Gasteiger partial charge in [-0.25, -0.2) is 9.97 Å². The van der Waals surface area contributed by atoms with E-state index in [0.29, 0.717) is 0 Å². The summed E-state index contributed by atoms with van der Waals surface area (Å²) < 4.78 is 0.187. The van der Waals surface area contributed by atoms with Crippen molar-refractivity contribution in [1.82, 2.24) is 9.97 Å². The number of hydrogen-bond acceptors (Lipinski definition) is 5. The molecular weight excluding hydrogens is 256 g/mol. The van der Waals surface area contributed by atoms with Crippen LogP contribution in [0.1, 0.15) is 40.4 Å². The molecule has 0 aromatic carbocycles. The molecular formula is C14H26N4S. The molecule has 0 saturated carbocycles. The molecule has 5 heteroatoms. The Morgan fingerprint density at radius 3 is 2.16 bits per heavy atom. The third-order valence-electron chi connectivity index (χ3n) is 2.90. The Bertz CT molecular complexity index is 424. The van der Waals surface area contributed by atoms with Gasteiger partial charge in [0.15, 0.2) is 0 Å². The summed E-state index contributed by atoms with van der Waals surface area (Å²) in [4.78, 5) is 9.14. The van der Waals surface area contributed by atoms with Crippen LogP contribution in [-0.2, 0) is 5.41 Å². The monoisotopic (exact) mass is 282 g/mol. The van der Waals surface area contributed by atoms with Crippen LogP contribution in [-0.4, -0.2) is 34.6 Å². The second-order valence-corrected chi connectivity index (χ2v) is 7.79. The molecule has 0 radical (unpaired) electrons. The zero-order valence-corrected chi connectivity index (χ0v) is 13.9. The maximum absolute atomic E-state index is 4.62. The second kappa shape index (κ2) is 5.99. The first-order valence-electron chi connectivity index (χ1n) is 6.54. The smallest absolute Gasteiger partial charge is 0.138 e. The Hall–Kier alpha value is -0.970. The van der Waals surface area contributed by atoms with E-state index in [2.05, 4.69) is 61.5 Å². The van der Waals surface area contributed by atoms with Crippen LogP contribution in [0.3, 0.4) is 0 Å². The highest BCUT2D eigenvalue weighted by Gasteiger charge is 2.20. The van der Waals surface area contributed by atoms with Crippen molar-refractivity contribution >= 4 is 23.4 Å². The highest BCUT2D eigenvalue weighted by atomic mass is 32.2. The van der Waals surface area contributed by atoms with Gasteiger partial charge in [0.1, 0.15) is 17.5 Å². The van der Waals surface area contributed by atoms with Crippen LogP contribution in [0.4, 0.5) is 11.6 Å². The molecule has 2 N–H and O–H groups in total. The van der Waals surface area contributed by atoms with Gasteiger partial charge in [0.2, 0.25) is 0 Å². The minimum Gasteiger partial charge on any atom is -0.373 e. The first kappa shape index (κ1) is 16.1. The summed E-state index contributed by atoms with van der Waals surface area (Å²) in [7, 11) is 1.88. The van der Waals surface area contributed by atoms with E-state index < -0.39 is 0 Å². The van der Waals surface area contributed by atoms with Gasteiger partial charge in [-0.3, -0.25) is 0 Å². The molecule has 19 heavy (non-hydrogen) atoms. The number of nitrogens with zero attached hydrogens (tertiary/aromatic N) is 2. The van der Waals surface area contributed by atoms with Crippen molar-refractivity contribution in [3.63, 3.8) is 0 Å².